The Labute approximate surface area is 90.4 Å². The van der Waals surface area contributed by atoms with Crippen LogP contribution in [0.5, 0.6) is 0 Å². The predicted molar refractivity (Wildman–Crippen MR) is 55.7 cm³/mol. The van der Waals surface area contributed by atoms with Gasteiger partial charge in [-0.1, -0.05) is 22.0 Å². The molecule has 0 amide bonds. The molecule has 0 aliphatic heterocycles. The lowest BCUT2D eigenvalue weighted by atomic mass is 9.97. The van der Waals surface area contributed by atoms with Crippen molar-refractivity contribution in [2.24, 2.45) is 0 Å². The molecule has 3 heteroatoms. The molecule has 0 bridgehead atoms. The monoisotopic (exact) mass is 260 g/mol. The van der Waals surface area contributed by atoms with E-state index in [1.807, 2.05) is 0 Å². The quantitative estimate of drug-likeness (QED) is 0.670. The lowest BCUT2D eigenvalue weighted by Gasteiger charge is -2.11. The Morgan fingerprint density at radius 3 is 2.29 bits per heavy atom. The SMILES string of the molecule is Fc1cccc(F)c1C1CCC(Br)C1. The highest BCUT2D eigenvalue weighted by molar-refractivity contribution is 9.09. The third-order valence-electron chi connectivity index (χ3n) is 2.78. The van der Waals surface area contributed by atoms with Crippen LogP contribution in [-0.4, -0.2) is 4.83 Å². The number of alkyl halides is 1. The maximum Gasteiger partial charge on any atom is 0.129 e. The lowest BCUT2D eigenvalue weighted by molar-refractivity contribution is 0.525. The van der Waals surface area contributed by atoms with Crippen molar-refractivity contribution < 1.29 is 8.78 Å². The van der Waals surface area contributed by atoms with Crippen LogP contribution in [0.3, 0.4) is 0 Å². The minimum atomic E-state index is -0.406. The molecule has 0 heterocycles. The van der Waals surface area contributed by atoms with Gasteiger partial charge in [-0.2, -0.15) is 0 Å². The molecule has 1 fully saturated rings. The lowest BCUT2D eigenvalue weighted by Crippen LogP contribution is -2.01. The molecule has 1 saturated carbocycles. The fourth-order valence-corrected chi connectivity index (χ4v) is 2.80. The minimum Gasteiger partial charge on any atom is -0.207 e. The summed E-state index contributed by atoms with van der Waals surface area (Å²) >= 11 is 3.48. The van der Waals surface area contributed by atoms with Crippen molar-refractivity contribution in [3.8, 4) is 0 Å². The van der Waals surface area contributed by atoms with E-state index < -0.39 is 11.6 Å². The first kappa shape index (κ1) is 10.1. The smallest absolute Gasteiger partial charge is 0.129 e. The fourth-order valence-electron chi connectivity index (χ4n) is 2.09. The summed E-state index contributed by atoms with van der Waals surface area (Å²) in [5.74, 6) is -0.770. The van der Waals surface area contributed by atoms with Crippen LogP contribution >= 0.6 is 15.9 Å². The van der Waals surface area contributed by atoms with Gasteiger partial charge in [-0.25, -0.2) is 8.78 Å². The summed E-state index contributed by atoms with van der Waals surface area (Å²) in [6.07, 6.45) is 2.70. The molecule has 1 aliphatic rings. The molecule has 1 aliphatic carbocycles. The zero-order valence-electron chi connectivity index (χ0n) is 7.64. The third-order valence-corrected chi connectivity index (χ3v) is 3.61. The van der Waals surface area contributed by atoms with Crippen molar-refractivity contribution >= 4 is 15.9 Å². The van der Waals surface area contributed by atoms with Gasteiger partial charge in [0.05, 0.1) is 0 Å². The molecule has 1 aromatic rings. The van der Waals surface area contributed by atoms with Gasteiger partial charge in [0, 0.05) is 10.4 Å². The Bertz CT molecular complexity index is 318. The van der Waals surface area contributed by atoms with Gasteiger partial charge in [-0.3, -0.25) is 0 Å². The molecule has 0 N–H and O–H groups in total. The molecule has 0 aromatic heterocycles. The van der Waals surface area contributed by atoms with Gasteiger partial charge in [0.15, 0.2) is 0 Å². The number of benzene rings is 1. The van der Waals surface area contributed by atoms with Gasteiger partial charge >= 0.3 is 0 Å². The van der Waals surface area contributed by atoms with Crippen molar-refractivity contribution in [2.75, 3.05) is 0 Å². The Morgan fingerprint density at radius 1 is 1.14 bits per heavy atom. The largest absolute Gasteiger partial charge is 0.207 e. The molecule has 2 unspecified atom stereocenters. The molecule has 2 rings (SSSR count). The topological polar surface area (TPSA) is 0 Å². The predicted octanol–water partition coefficient (Wildman–Crippen LogP) is 4.00. The van der Waals surface area contributed by atoms with Gasteiger partial charge < -0.3 is 0 Å². The molecule has 0 saturated heterocycles. The molecule has 0 radical (unpaired) electrons. The first-order valence-electron chi connectivity index (χ1n) is 4.76. The van der Waals surface area contributed by atoms with E-state index in [2.05, 4.69) is 15.9 Å². The van der Waals surface area contributed by atoms with E-state index in [0.29, 0.717) is 4.83 Å². The van der Waals surface area contributed by atoms with E-state index in [9.17, 15) is 8.78 Å². The first-order valence-corrected chi connectivity index (χ1v) is 5.68. The molecule has 0 spiro atoms. The number of halogens is 3. The van der Waals surface area contributed by atoms with E-state index in [-0.39, 0.29) is 11.5 Å². The normalized spacial score (nSPS) is 26.8. The maximum atomic E-state index is 13.4. The fraction of sp³-hybridized carbons (Fsp3) is 0.455. The Morgan fingerprint density at radius 2 is 1.79 bits per heavy atom. The molecule has 14 heavy (non-hydrogen) atoms. The molecular weight excluding hydrogens is 250 g/mol. The van der Waals surface area contributed by atoms with Crippen LogP contribution in [0.15, 0.2) is 18.2 Å². The second-order valence-electron chi connectivity index (χ2n) is 3.74. The van der Waals surface area contributed by atoms with Crippen LogP contribution in [0.25, 0.3) is 0 Å². The molecule has 0 nitrogen and oxygen atoms in total. The average molecular weight is 261 g/mol. The van der Waals surface area contributed by atoms with Crippen molar-refractivity contribution in [1.82, 2.24) is 0 Å². The summed E-state index contributed by atoms with van der Waals surface area (Å²) in [4.78, 5) is 0.409. The number of hydrogen-bond donors (Lipinski definition) is 0. The van der Waals surface area contributed by atoms with Crippen molar-refractivity contribution in [3.63, 3.8) is 0 Å². The molecule has 76 valence electrons. The number of rotatable bonds is 1. The standard InChI is InChI=1S/C11H11BrF2/c12-8-5-4-7(6-8)11-9(13)2-1-3-10(11)14/h1-3,7-8H,4-6H2. The average Bonchev–Trinajstić information content (AvgIpc) is 2.51. The van der Waals surface area contributed by atoms with Crippen molar-refractivity contribution in [3.05, 3.63) is 35.4 Å². The van der Waals surface area contributed by atoms with Crippen LogP contribution < -0.4 is 0 Å². The molecule has 2 atom stereocenters. The maximum absolute atomic E-state index is 13.4. The Hall–Kier alpha value is -0.440. The van der Waals surface area contributed by atoms with Gasteiger partial charge in [0.1, 0.15) is 11.6 Å². The van der Waals surface area contributed by atoms with Crippen LogP contribution in [-0.2, 0) is 0 Å². The van der Waals surface area contributed by atoms with Gasteiger partial charge in [-0.05, 0) is 37.3 Å². The van der Waals surface area contributed by atoms with E-state index in [1.165, 1.54) is 18.2 Å². The summed E-state index contributed by atoms with van der Waals surface area (Å²) in [6, 6.07) is 4.08. The Balaban J connectivity index is 2.31. The van der Waals surface area contributed by atoms with E-state index in [0.717, 1.165) is 19.3 Å². The highest BCUT2D eigenvalue weighted by Crippen LogP contribution is 2.39. The van der Waals surface area contributed by atoms with E-state index in [4.69, 9.17) is 0 Å². The van der Waals surface area contributed by atoms with Crippen LogP contribution in [0.2, 0.25) is 0 Å². The molecular formula is C11H11BrF2. The summed E-state index contributed by atoms with van der Waals surface area (Å²) in [5.41, 5.74) is 0.273. The summed E-state index contributed by atoms with van der Waals surface area (Å²) in [6.45, 7) is 0. The van der Waals surface area contributed by atoms with Gasteiger partial charge in [-0.15, -0.1) is 0 Å². The second kappa shape index (κ2) is 3.97. The van der Waals surface area contributed by atoms with Gasteiger partial charge in [0.2, 0.25) is 0 Å². The number of hydrogen-bond acceptors (Lipinski definition) is 0. The van der Waals surface area contributed by atoms with E-state index >= 15 is 0 Å². The van der Waals surface area contributed by atoms with Crippen LogP contribution in [0.1, 0.15) is 30.7 Å². The highest BCUT2D eigenvalue weighted by Gasteiger charge is 2.28. The zero-order valence-corrected chi connectivity index (χ0v) is 9.23. The highest BCUT2D eigenvalue weighted by atomic mass is 79.9. The van der Waals surface area contributed by atoms with Crippen molar-refractivity contribution in [2.45, 2.75) is 30.0 Å². The summed E-state index contributed by atoms with van der Waals surface area (Å²) < 4.78 is 26.7. The third kappa shape index (κ3) is 1.83. The van der Waals surface area contributed by atoms with Crippen LogP contribution in [0.4, 0.5) is 8.78 Å². The summed E-state index contributed by atoms with van der Waals surface area (Å²) in [5, 5.41) is 0. The van der Waals surface area contributed by atoms with Gasteiger partial charge in [0.25, 0.3) is 0 Å². The molecule has 1 aromatic carbocycles. The first-order chi connectivity index (χ1) is 6.68. The zero-order chi connectivity index (χ0) is 10.1. The minimum absolute atomic E-state index is 0.0422. The Kier molecular flexibility index (Phi) is 2.86. The second-order valence-corrected chi connectivity index (χ2v) is 5.04. The van der Waals surface area contributed by atoms with Crippen molar-refractivity contribution in [1.29, 1.82) is 0 Å². The summed E-state index contributed by atoms with van der Waals surface area (Å²) in [7, 11) is 0. The van der Waals surface area contributed by atoms with Crippen LogP contribution in [0, 0.1) is 11.6 Å². The van der Waals surface area contributed by atoms with E-state index in [1.54, 1.807) is 0 Å².